The minimum Gasteiger partial charge on any atom is -0.507 e. The monoisotopic (exact) mass is 1150 g/mol. The van der Waals surface area contributed by atoms with Crippen molar-refractivity contribution in [2.45, 2.75) is 63.7 Å². The molecule has 1 N–H and O–H groups in total. The fourth-order valence-corrected chi connectivity index (χ4v) is 10.8. The number of hydrogen-bond donors (Lipinski definition) is 1. The number of pyridine rings is 1. The molecule has 75 heavy (non-hydrogen) atoms. The molecule has 0 amide bonds. The summed E-state index contributed by atoms with van der Waals surface area (Å²) >= 11 is 0. The molecule has 2 heterocycles. The standard InChI is InChI=1S/C70H58N3O.Pt/c1-70(2,3)59-38-39-65(61(46-59)53-22-12-6-13-23-53)73-66-29-17-28-60(67(66)72-69(73)63-44-58(48-20-10-5-11-21-48)43-62(68(63)74)54-24-14-7-15-25-54)56-26-16-27-57(42-56)64-45-55(40-41-71-64)52-36-34-51(35-37-52)50-32-30-49(31-33-50)47-18-8-4-9-19-47;/h4-29,34-41,43-46,49-50,74H,30-33H2,1-3H3;/q-1;/i49D,50D;. The van der Waals surface area contributed by atoms with E-state index in [0.717, 1.165) is 94.7 Å². The van der Waals surface area contributed by atoms with Crippen LogP contribution in [0.15, 0.2) is 231 Å². The molecule has 4 nitrogen and oxygen atoms in total. The molecule has 2 aromatic heterocycles. The molecule has 12 rings (SSSR count). The van der Waals surface area contributed by atoms with Crippen LogP contribution in [-0.2, 0) is 26.5 Å². The molecule has 370 valence electrons. The molecule has 0 bridgehead atoms. The van der Waals surface area contributed by atoms with E-state index < -0.39 is 11.8 Å². The number of nitrogens with zero attached hydrogens (tertiary/aromatic N) is 3. The Balaban J connectivity index is 0.00000631. The molecule has 5 heteroatoms. The van der Waals surface area contributed by atoms with Crippen molar-refractivity contribution in [1.82, 2.24) is 14.5 Å². The minimum atomic E-state index is -0.727. The van der Waals surface area contributed by atoms with Crippen LogP contribution in [0.4, 0.5) is 0 Å². The first kappa shape index (κ1) is 46.8. The van der Waals surface area contributed by atoms with Gasteiger partial charge in [-0.3, -0.25) is 9.55 Å². The van der Waals surface area contributed by atoms with Crippen molar-refractivity contribution in [2.24, 2.45) is 0 Å². The van der Waals surface area contributed by atoms with Crippen LogP contribution in [0.3, 0.4) is 0 Å². The molecule has 0 atom stereocenters. The maximum atomic E-state index is 12.7. The van der Waals surface area contributed by atoms with Crippen molar-refractivity contribution in [3.63, 3.8) is 0 Å². The van der Waals surface area contributed by atoms with Crippen molar-refractivity contribution in [3.8, 4) is 89.7 Å². The zero-order chi connectivity index (χ0) is 52.0. The van der Waals surface area contributed by atoms with Crippen LogP contribution >= 0.6 is 0 Å². The third kappa shape index (κ3) is 9.96. The summed E-state index contributed by atoms with van der Waals surface area (Å²) in [7, 11) is 0. The van der Waals surface area contributed by atoms with Crippen molar-refractivity contribution in [1.29, 1.82) is 0 Å². The van der Waals surface area contributed by atoms with Crippen molar-refractivity contribution in [2.75, 3.05) is 0 Å². The second-order valence-electron chi connectivity index (χ2n) is 20.5. The van der Waals surface area contributed by atoms with Gasteiger partial charge < -0.3 is 5.11 Å². The zero-order valence-electron chi connectivity index (χ0n) is 44.4. The molecule has 1 aliphatic rings. The van der Waals surface area contributed by atoms with Crippen LogP contribution in [0.25, 0.3) is 95.0 Å². The Morgan fingerprint density at radius 1 is 0.493 bits per heavy atom. The maximum absolute atomic E-state index is 12.7. The summed E-state index contributed by atoms with van der Waals surface area (Å²) in [6, 6.07) is 80.8. The Morgan fingerprint density at radius 2 is 1.05 bits per heavy atom. The number of phenols is 1. The van der Waals surface area contributed by atoms with Gasteiger partial charge in [0.1, 0.15) is 11.6 Å². The third-order valence-corrected chi connectivity index (χ3v) is 14.8. The Morgan fingerprint density at radius 3 is 1.71 bits per heavy atom. The topological polar surface area (TPSA) is 50.9 Å². The van der Waals surface area contributed by atoms with E-state index in [2.05, 4.69) is 183 Å². The smallest absolute Gasteiger partial charge is 0.148 e. The van der Waals surface area contributed by atoms with E-state index in [-0.39, 0.29) is 32.2 Å². The summed E-state index contributed by atoms with van der Waals surface area (Å²) in [5.74, 6) is -0.612. The summed E-state index contributed by atoms with van der Waals surface area (Å²) in [5, 5.41) is 12.7. The van der Waals surface area contributed by atoms with E-state index >= 15 is 0 Å². The number of para-hydroxylation sites is 1. The van der Waals surface area contributed by atoms with Crippen LogP contribution in [0.5, 0.6) is 5.75 Å². The fraction of sp³-hybridized carbons (Fsp3) is 0.143. The van der Waals surface area contributed by atoms with E-state index in [1.54, 1.807) is 0 Å². The van der Waals surface area contributed by atoms with Gasteiger partial charge in [0.15, 0.2) is 0 Å². The molecule has 1 aliphatic carbocycles. The second-order valence-corrected chi connectivity index (χ2v) is 20.5. The van der Waals surface area contributed by atoms with E-state index in [1.807, 2.05) is 79.0 Å². The van der Waals surface area contributed by atoms with Gasteiger partial charge >= 0.3 is 0 Å². The van der Waals surface area contributed by atoms with E-state index in [0.29, 0.717) is 37.1 Å². The van der Waals surface area contributed by atoms with Gasteiger partial charge in [-0.1, -0.05) is 202 Å². The van der Waals surface area contributed by atoms with E-state index in [4.69, 9.17) is 9.97 Å². The average molecular weight is 1150 g/mol. The van der Waals surface area contributed by atoms with Gasteiger partial charge in [-0.2, -0.15) is 0 Å². The number of aromatic hydroxyl groups is 1. The SMILES string of the molecule is [2H]C1(c2ccccc2)CCC([2H])(c2ccc(-c3ccnc(-c4[c-]c(-c5cccc6c5nc(-c5cc(-c7ccccc7)cc(-c7ccccc7)c5O)n6-c5ccc(C(C)(C)C)cc5-c5ccccc5)ccc4)c3)cc2)CC1.[Pt]. The summed E-state index contributed by atoms with van der Waals surface area (Å²) in [6.07, 6.45) is 4.46. The van der Waals surface area contributed by atoms with E-state index in [9.17, 15) is 7.85 Å². The zero-order valence-corrected chi connectivity index (χ0v) is 44.6. The number of hydrogen-bond acceptors (Lipinski definition) is 3. The Kier molecular flexibility index (Phi) is 13.2. The van der Waals surface area contributed by atoms with Gasteiger partial charge in [-0.05, 0) is 129 Å². The van der Waals surface area contributed by atoms with Crippen LogP contribution in [0.2, 0.25) is 0 Å². The van der Waals surface area contributed by atoms with Gasteiger partial charge in [0.05, 0.1) is 22.3 Å². The van der Waals surface area contributed by atoms with Gasteiger partial charge in [-0.25, -0.2) is 4.98 Å². The Labute approximate surface area is 458 Å². The predicted octanol–water partition coefficient (Wildman–Crippen LogP) is 18.3. The van der Waals surface area contributed by atoms with E-state index in [1.165, 1.54) is 5.56 Å². The van der Waals surface area contributed by atoms with Gasteiger partial charge in [0.25, 0.3) is 0 Å². The molecular formula is C70H58N3OPt-. The molecular weight excluding hydrogens is 1090 g/mol. The molecule has 0 spiro atoms. The molecule has 11 aromatic rings. The number of imidazole rings is 1. The summed E-state index contributed by atoms with van der Waals surface area (Å²) in [5.41, 5.74) is 17.6. The first-order chi connectivity index (χ1) is 36.9. The minimum absolute atomic E-state index is 0. The van der Waals surface area contributed by atoms with Crippen LogP contribution in [0.1, 0.15) is 77.7 Å². The Hall–Kier alpha value is -7.91. The van der Waals surface area contributed by atoms with Gasteiger partial charge in [-0.15, -0.1) is 29.8 Å². The third-order valence-electron chi connectivity index (χ3n) is 14.8. The van der Waals surface area contributed by atoms with Gasteiger partial charge in [0.2, 0.25) is 0 Å². The largest absolute Gasteiger partial charge is 0.507 e. The normalized spacial score (nSPS) is 16.9. The second kappa shape index (κ2) is 21.1. The molecule has 1 saturated carbocycles. The number of benzene rings is 9. The number of fused-ring (bicyclic) bond motifs is 1. The first-order valence-corrected chi connectivity index (χ1v) is 25.8. The van der Waals surface area contributed by atoms with Crippen molar-refractivity contribution in [3.05, 3.63) is 253 Å². The molecule has 1 fully saturated rings. The Bertz CT molecular complexity index is 3880. The van der Waals surface area contributed by atoms with Crippen LogP contribution in [0, 0.1) is 6.07 Å². The first-order valence-electron chi connectivity index (χ1n) is 26.8. The van der Waals surface area contributed by atoms with Crippen LogP contribution < -0.4 is 0 Å². The van der Waals surface area contributed by atoms with Gasteiger partial charge in [0, 0.05) is 46.8 Å². The summed E-state index contributed by atoms with van der Waals surface area (Å²) < 4.78 is 21.0. The van der Waals surface area contributed by atoms with Crippen LogP contribution in [-0.4, -0.2) is 19.6 Å². The summed E-state index contributed by atoms with van der Waals surface area (Å²) in [4.78, 5) is 10.5. The van der Waals surface area contributed by atoms with Crippen molar-refractivity contribution >= 4 is 11.0 Å². The predicted molar refractivity (Wildman–Crippen MR) is 307 cm³/mol. The molecule has 0 aliphatic heterocycles. The molecule has 0 radical (unpaired) electrons. The number of aromatic nitrogens is 3. The quantitative estimate of drug-likeness (QED) is 0.139. The molecule has 9 aromatic carbocycles. The molecule has 0 unspecified atom stereocenters. The van der Waals surface area contributed by atoms with Crippen molar-refractivity contribution < 1.29 is 28.9 Å². The number of rotatable bonds is 10. The number of phenolic OH excluding ortho intramolecular Hbond substituents is 1. The fourth-order valence-electron chi connectivity index (χ4n) is 10.8. The summed E-state index contributed by atoms with van der Waals surface area (Å²) in [6.45, 7) is 6.73. The average Bonchev–Trinajstić information content (AvgIpc) is 3.88. The molecule has 0 saturated heterocycles. The maximum Gasteiger partial charge on any atom is 0.148 e.